The zero-order chi connectivity index (χ0) is 13.9. The number of hydrogen-bond acceptors (Lipinski definition) is 3. The van der Waals surface area contributed by atoms with Crippen LogP contribution in [0.5, 0.6) is 0 Å². The average Bonchev–Trinajstić information content (AvgIpc) is 3.20. The van der Waals surface area contributed by atoms with Crippen LogP contribution in [0, 0.1) is 17.8 Å². The van der Waals surface area contributed by atoms with Crippen molar-refractivity contribution in [1.29, 1.82) is 0 Å². The van der Waals surface area contributed by atoms with Gasteiger partial charge in [0, 0.05) is 19.1 Å². The molecule has 3 nitrogen and oxygen atoms in total. The number of hydrogen-bond donors (Lipinski definition) is 2. The number of aliphatic hydroxyl groups excluding tert-OH is 1. The van der Waals surface area contributed by atoms with E-state index in [0.29, 0.717) is 17.9 Å². The highest BCUT2D eigenvalue weighted by Crippen LogP contribution is 2.36. The van der Waals surface area contributed by atoms with E-state index < -0.39 is 0 Å². The van der Waals surface area contributed by atoms with Gasteiger partial charge in [0.05, 0.1) is 6.10 Å². The number of nitrogens with one attached hydrogen (secondary N) is 1. The molecule has 3 heteroatoms. The van der Waals surface area contributed by atoms with Crippen molar-refractivity contribution in [1.82, 2.24) is 10.2 Å². The Morgan fingerprint density at radius 3 is 2.55 bits per heavy atom. The van der Waals surface area contributed by atoms with Gasteiger partial charge in [-0.3, -0.25) is 0 Å². The van der Waals surface area contributed by atoms with Crippen molar-refractivity contribution in [3.8, 4) is 0 Å². The first-order valence-corrected chi connectivity index (χ1v) is 8.88. The van der Waals surface area contributed by atoms with Crippen LogP contribution in [-0.2, 0) is 0 Å². The summed E-state index contributed by atoms with van der Waals surface area (Å²) in [5, 5.41) is 14.0. The summed E-state index contributed by atoms with van der Waals surface area (Å²) in [4.78, 5) is 2.58. The summed E-state index contributed by atoms with van der Waals surface area (Å²) in [6.45, 7) is 7.04. The standard InChI is InChI=1S/C17H32N2O/c1-2-19-11-14(9-17(20)15-6-7-15)8-16(12-19)18-10-13-4-3-5-13/h13-18,20H,2-12H2,1H3. The molecule has 0 bridgehead atoms. The fraction of sp³-hybridized carbons (Fsp3) is 1.00. The van der Waals surface area contributed by atoms with Gasteiger partial charge in [-0.25, -0.2) is 0 Å². The smallest absolute Gasteiger partial charge is 0.0571 e. The molecular weight excluding hydrogens is 248 g/mol. The lowest BCUT2D eigenvalue weighted by Crippen LogP contribution is -2.50. The quantitative estimate of drug-likeness (QED) is 0.751. The van der Waals surface area contributed by atoms with Crippen LogP contribution in [0.15, 0.2) is 0 Å². The molecule has 2 N–H and O–H groups in total. The minimum absolute atomic E-state index is 0.0240. The van der Waals surface area contributed by atoms with E-state index >= 15 is 0 Å². The Bertz CT molecular complexity index is 301. The Balaban J connectivity index is 1.45. The molecule has 1 aliphatic heterocycles. The van der Waals surface area contributed by atoms with Gasteiger partial charge in [-0.05, 0) is 69.4 Å². The lowest BCUT2D eigenvalue weighted by atomic mass is 9.84. The molecule has 0 aromatic heterocycles. The molecule has 3 rings (SSSR count). The Labute approximate surface area is 124 Å². The van der Waals surface area contributed by atoms with E-state index in [1.807, 2.05) is 0 Å². The van der Waals surface area contributed by atoms with E-state index in [1.165, 1.54) is 58.2 Å². The zero-order valence-corrected chi connectivity index (χ0v) is 13.1. The van der Waals surface area contributed by atoms with E-state index in [-0.39, 0.29) is 6.10 Å². The second-order valence-electron chi connectivity index (χ2n) is 7.50. The number of nitrogens with zero attached hydrogens (tertiary/aromatic N) is 1. The van der Waals surface area contributed by atoms with E-state index in [4.69, 9.17) is 0 Å². The molecular formula is C17H32N2O. The zero-order valence-electron chi connectivity index (χ0n) is 13.1. The Morgan fingerprint density at radius 1 is 1.15 bits per heavy atom. The molecule has 0 aromatic rings. The molecule has 116 valence electrons. The van der Waals surface area contributed by atoms with Gasteiger partial charge in [-0.2, -0.15) is 0 Å². The normalized spacial score (nSPS) is 33.9. The van der Waals surface area contributed by atoms with E-state index in [1.54, 1.807) is 0 Å². The molecule has 0 aromatic carbocycles. The Morgan fingerprint density at radius 2 is 1.95 bits per heavy atom. The molecule has 1 saturated heterocycles. The minimum Gasteiger partial charge on any atom is -0.393 e. The third kappa shape index (κ3) is 3.96. The van der Waals surface area contributed by atoms with Crippen LogP contribution in [0.2, 0.25) is 0 Å². The number of piperidine rings is 1. The number of likely N-dealkylation sites (tertiary alicyclic amines) is 1. The number of rotatable bonds is 7. The van der Waals surface area contributed by atoms with Crippen molar-refractivity contribution >= 4 is 0 Å². The highest BCUT2D eigenvalue weighted by molar-refractivity contribution is 4.88. The molecule has 3 atom stereocenters. The molecule has 2 aliphatic carbocycles. The monoisotopic (exact) mass is 280 g/mol. The molecule has 20 heavy (non-hydrogen) atoms. The van der Waals surface area contributed by atoms with Crippen LogP contribution in [-0.4, -0.2) is 48.3 Å². The summed E-state index contributed by atoms with van der Waals surface area (Å²) in [7, 11) is 0. The summed E-state index contributed by atoms with van der Waals surface area (Å²) in [5.41, 5.74) is 0. The SMILES string of the molecule is CCN1CC(CC(O)C2CC2)CC(NCC2CCC2)C1. The third-order valence-corrected chi connectivity index (χ3v) is 5.72. The highest BCUT2D eigenvalue weighted by atomic mass is 16.3. The van der Waals surface area contributed by atoms with Gasteiger partial charge in [-0.15, -0.1) is 0 Å². The van der Waals surface area contributed by atoms with Gasteiger partial charge in [0.1, 0.15) is 0 Å². The van der Waals surface area contributed by atoms with Gasteiger partial charge in [-0.1, -0.05) is 13.3 Å². The van der Waals surface area contributed by atoms with Crippen molar-refractivity contribution in [2.24, 2.45) is 17.8 Å². The maximum atomic E-state index is 10.2. The predicted molar refractivity (Wildman–Crippen MR) is 82.7 cm³/mol. The molecule has 0 spiro atoms. The molecule has 3 aliphatic rings. The lowest BCUT2D eigenvalue weighted by molar-refractivity contribution is 0.0752. The Hall–Kier alpha value is -0.120. The van der Waals surface area contributed by atoms with Crippen LogP contribution < -0.4 is 5.32 Å². The lowest BCUT2D eigenvalue weighted by Gasteiger charge is -2.39. The van der Waals surface area contributed by atoms with Crippen LogP contribution in [0.3, 0.4) is 0 Å². The second kappa shape index (κ2) is 6.76. The fourth-order valence-corrected chi connectivity index (χ4v) is 3.92. The summed E-state index contributed by atoms with van der Waals surface area (Å²) in [5.74, 6) is 2.27. The van der Waals surface area contributed by atoms with Gasteiger partial charge >= 0.3 is 0 Å². The largest absolute Gasteiger partial charge is 0.393 e. The summed E-state index contributed by atoms with van der Waals surface area (Å²) < 4.78 is 0. The van der Waals surface area contributed by atoms with Gasteiger partial charge < -0.3 is 15.3 Å². The van der Waals surface area contributed by atoms with Crippen LogP contribution in [0.4, 0.5) is 0 Å². The van der Waals surface area contributed by atoms with Crippen molar-refractivity contribution in [2.75, 3.05) is 26.2 Å². The van der Waals surface area contributed by atoms with Gasteiger partial charge in [0.25, 0.3) is 0 Å². The second-order valence-corrected chi connectivity index (χ2v) is 7.50. The van der Waals surface area contributed by atoms with E-state index in [9.17, 15) is 5.11 Å². The maximum Gasteiger partial charge on any atom is 0.0571 e. The van der Waals surface area contributed by atoms with Crippen molar-refractivity contribution in [3.05, 3.63) is 0 Å². The first-order chi connectivity index (χ1) is 9.74. The maximum absolute atomic E-state index is 10.2. The topological polar surface area (TPSA) is 35.5 Å². The number of aliphatic hydroxyl groups is 1. The Kier molecular flexibility index (Phi) is 5.00. The molecule has 0 radical (unpaired) electrons. The summed E-state index contributed by atoms with van der Waals surface area (Å²) in [6, 6.07) is 0.653. The molecule has 3 unspecified atom stereocenters. The highest BCUT2D eigenvalue weighted by Gasteiger charge is 2.34. The van der Waals surface area contributed by atoms with Crippen LogP contribution in [0.1, 0.15) is 51.9 Å². The minimum atomic E-state index is -0.0240. The predicted octanol–water partition coefficient (Wildman–Crippen LogP) is 2.25. The molecule has 2 saturated carbocycles. The fourth-order valence-electron chi connectivity index (χ4n) is 3.92. The summed E-state index contributed by atoms with van der Waals surface area (Å²) >= 11 is 0. The average molecular weight is 280 g/mol. The van der Waals surface area contributed by atoms with Gasteiger partial charge in [0.2, 0.25) is 0 Å². The molecule has 3 fully saturated rings. The molecule has 0 amide bonds. The first-order valence-electron chi connectivity index (χ1n) is 8.88. The summed E-state index contributed by atoms with van der Waals surface area (Å²) in [6.07, 6.45) is 9.10. The van der Waals surface area contributed by atoms with Crippen molar-refractivity contribution in [3.63, 3.8) is 0 Å². The molecule has 1 heterocycles. The van der Waals surface area contributed by atoms with E-state index in [2.05, 4.69) is 17.1 Å². The van der Waals surface area contributed by atoms with E-state index in [0.717, 1.165) is 18.9 Å². The third-order valence-electron chi connectivity index (χ3n) is 5.72. The number of likely N-dealkylation sites (N-methyl/N-ethyl adjacent to an activating group) is 1. The van der Waals surface area contributed by atoms with Gasteiger partial charge in [0.15, 0.2) is 0 Å². The van der Waals surface area contributed by atoms with Crippen LogP contribution >= 0.6 is 0 Å². The van der Waals surface area contributed by atoms with Crippen molar-refractivity contribution in [2.45, 2.75) is 64.0 Å². The van der Waals surface area contributed by atoms with Crippen molar-refractivity contribution < 1.29 is 5.11 Å². The van der Waals surface area contributed by atoms with Crippen LogP contribution in [0.25, 0.3) is 0 Å². The first kappa shape index (κ1) is 14.8.